The molecule has 0 fully saturated rings. The van der Waals surface area contributed by atoms with Crippen molar-refractivity contribution in [3.63, 3.8) is 0 Å². The van der Waals surface area contributed by atoms with Crippen LogP contribution in [0, 0.1) is 0 Å². The van der Waals surface area contributed by atoms with E-state index in [1.54, 1.807) is 0 Å². The predicted molar refractivity (Wildman–Crippen MR) is 41.6 cm³/mol. The molecule has 0 aliphatic heterocycles. The molecule has 0 aliphatic rings. The van der Waals surface area contributed by atoms with Crippen molar-refractivity contribution in [1.82, 2.24) is 0 Å². The fourth-order valence-corrected chi connectivity index (χ4v) is 0.436. The van der Waals surface area contributed by atoms with Gasteiger partial charge in [0.25, 0.3) is 0 Å². The molecule has 0 spiro atoms. The molecule has 0 radical (unpaired) electrons. The van der Waals surface area contributed by atoms with Gasteiger partial charge in [0.1, 0.15) is 6.26 Å². The molecule has 0 saturated carbocycles. The van der Waals surface area contributed by atoms with E-state index in [0.29, 0.717) is 18.4 Å². The van der Waals surface area contributed by atoms with Crippen molar-refractivity contribution in [3.05, 3.63) is 24.0 Å². The normalized spacial score (nSPS) is 11.3. The molecule has 0 aromatic heterocycles. The van der Waals surface area contributed by atoms with Crippen LogP contribution in [0.2, 0.25) is 0 Å². The van der Waals surface area contributed by atoms with Gasteiger partial charge >= 0.3 is 18.1 Å². The van der Waals surface area contributed by atoms with Crippen molar-refractivity contribution in [1.29, 1.82) is 0 Å². The van der Waals surface area contributed by atoms with Crippen molar-refractivity contribution >= 4 is 18.1 Å². The maximum Gasteiger partial charge on any atom is 0.510 e. The molecule has 0 amide bonds. The van der Waals surface area contributed by atoms with Gasteiger partial charge in [-0.3, -0.25) is 0 Å². The molecule has 7 heteroatoms. The minimum atomic E-state index is -1.69. The molecule has 0 aromatic rings. The van der Waals surface area contributed by atoms with E-state index in [9.17, 15) is 14.4 Å². The van der Waals surface area contributed by atoms with Crippen LogP contribution < -0.4 is 0 Å². The number of carbonyl (C=O) groups is 3. The zero-order valence-corrected chi connectivity index (χ0v) is 6.71. The molecule has 14 heavy (non-hydrogen) atoms. The third-order valence-electron chi connectivity index (χ3n) is 0.939. The Bertz CT molecular complexity index is 312. The van der Waals surface area contributed by atoms with Crippen molar-refractivity contribution in [3.8, 4) is 0 Å². The van der Waals surface area contributed by atoms with Crippen molar-refractivity contribution in [2.24, 2.45) is 0 Å². The molecule has 0 saturated heterocycles. The summed E-state index contributed by atoms with van der Waals surface area (Å²) >= 11 is 0. The van der Waals surface area contributed by atoms with Gasteiger partial charge in [0.05, 0.1) is 5.57 Å². The minimum Gasteiger partial charge on any atom is -0.478 e. The lowest BCUT2D eigenvalue weighted by Crippen LogP contribution is -2.02. The van der Waals surface area contributed by atoms with E-state index in [1.807, 2.05) is 0 Å². The van der Waals surface area contributed by atoms with Crippen LogP contribution in [0.1, 0.15) is 0 Å². The molecule has 3 N–H and O–H groups in total. The van der Waals surface area contributed by atoms with Crippen LogP contribution in [0.3, 0.4) is 0 Å². The fraction of sp³-hybridized carbons (Fsp3) is 0. The van der Waals surface area contributed by atoms with Crippen LogP contribution >= 0.6 is 0 Å². The standard InChI is InChI=1S/C7H6O7/c8-5(9)2-1-4(6(10)11)3-14-7(12)13/h1-3H,(H,8,9)(H,10,11)(H,12,13). The highest BCUT2D eigenvalue weighted by atomic mass is 16.7. The summed E-state index contributed by atoms with van der Waals surface area (Å²) < 4.78 is 3.83. The molecule has 76 valence electrons. The first kappa shape index (κ1) is 11.7. The molecule has 0 atom stereocenters. The van der Waals surface area contributed by atoms with Gasteiger partial charge in [-0.2, -0.15) is 0 Å². The molecule has 0 aromatic carbocycles. The lowest BCUT2D eigenvalue weighted by Gasteiger charge is -1.93. The first-order valence-corrected chi connectivity index (χ1v) is 3.17. The van der Waals surface area contributed by atoms with Gasteiger partial charge < -0.3 is 20.1 Å². The predicted octanol–water partition coefficient (Wildman–Crippen LogP) is 0.290. The zero-order chi connectivity index (χ0) is 11.1. The second-order valence-electron chi connectivity index (χ2n) is 1.93. The summed E-state index contributed by atoms with van der Waals surface area (Å²) in [4.78, 5) is 30.2. The molecule has 0 heterocycles. The van der Waals surface area contributed by atoms with Crippen LogP contribution in [0.5, 0.6) is 0 Å². The van der Waals surface area contributed by atoms with E-state index in [2.05, 4.69) is 4.74 Å². The average molecular weight is 202 g/mol. The number of hydrogen-bond acceptors (Lipinski definition) is 4. The minimum absolute atomic E-state index is 0.421. The highest BCUT2D eigenvalue weighted by Gasteiger charge is 2.05. The highest BCUT2D eigenvalue weighted by Crippen LogP contribution is 1.98. The van der Waals surface area contributed by atoms with Gasteiger partial charge in [-0.25, -0.2) is 14.4 Å². The second kappa shape index (κ2) is 5.36. The van der Waals surface area contributed by atoms with Gasteiger partial charge in [-0.1, -0.05) is 0 Å². The lowest BCUT2D eigenvalue weighted by molar-refractivity contribution is -0.132. The Morgan fingerprint density at radius 1 is 1.00 bits per heavy atom. The van der Waals surface area contributed by atoms with Crippen LogP contribution in [0.4, 0.5) is 4.79 Å². The van der Waals surface area contributed by atoms with Crippen molar-refractivity contribution in [2.45, 2.75) is 0 Å². The van der Waals surface area contributed by atoms with Gasteiger partial charge in [0.15, 0.2) is 0 Å². The second-order valence-corrected chi connectivity index (χ2v) is 1.93. The van der Waals surface area contributed by atoms with E-state index in [0.717, 1.165) is 0 Å². The number of rotatable bonds is 4. The molecule has 0 unspecified atom stereocenters. The summed E-state index contributed by atoms with van der Waals surface area (Å²) in [5, 5.41) is 24.6. The largest absolute Gasteiger partial charge is 0.510 e. The van der Waals surface area contributed by atoms with E-state index >= 15 is 0 Å². The Kier molecular flexibility index (Phi) is 4.47. The number of ether oxygens (including phenoxy) is 1. The van der Waals surface area contributed by atoms with Gasteiger partial charge in [-0.05, 0) is 6.08 Å². The summed E-state index contributed by atoms with van der Waals surface area (Å²) in [5.41, 5.74) is -0.588. The Labute approximate surface area is 77.5 Å². The molecular formula is C7H6O7. The Morgan fingerprint density at radius 2 is 1.57 bits per heavy atom. The summed E-state index contributed by atoms with van der Waals surface area (Å²) in [5.74, 6) is -2.85. The fourth-order valence-electron chi connectivity index (χ4n) is 0.436. The molecule has 0 rings (SSSR count). The third kappa shape index (κ3) is 5.35. The highest BCUT2D eigenvalue weighted by molar-refractivity contribution is 5.92. The van der Waals surface area contributed by atoms with Gasteiger partial charge in [-0.15, -0.1) is 0 Å². The zero-order valence-electron chi connectivity index (χ0n) is 6.71. The summed E-state index contributed by atoms with van der Waals surface area (Å²) in [6, 6.07) is 0. The molecule has 7 nitrogen and oxygen atoms in total. The molecule has 0 aliphatic carbocycles. The SMILES string of the molecule is O=C(O)C=CC(=COC(=O)O)C(=O)O. The first-order chi connectivity index (χ1) is 6.43. The van der Waals surface area contributed by atoms with E-state index in [-0.39, 0.29) is 0 Å². The van der Waals surface area contributed by atoms with E-state index < -0.39 is 23.7 Å². The van der Waals surface area contributed by atoms with Crippen LogP contribution in [0.15, 0.2) is 24.0 Å². The monoisotopic (exact) mass is 202 g/mol. The molecule has 0 bridgehead atoms. The smallest absolute Gasteiger partial charge is 0.478 e. The third-order valence-corrected chi connectivity index (χ3v) is 0.939. The maximum absolute atomic E-state index is 10.3. The van der Waals surface area contributed by atoms with Crippen molar-refractivity contribution in [2.75, 3.05) is 0 Å². The Balaban J connectivity index is 4.60. The number of carboxylic acid groups (broad SMARTS) is 3. The van der Waals surface area contributed by atoms with Crippen LogP contribution in [-0.2, 0) is 14.3 Å². The Morgan fingerprint density at radius 3 is 1.93 bits per heavy atom. The van der Waals surface area contributed by atoms with Gasteiger partial charge in [0.2, 0.25) is 0 Å². The van der Waals surface area contributed by atoms with Crippen LogP contribution in [-0.4, -0.2) is 33.4 Å². The summed E-state index contributed by atoms with van der Waals surface area (Å²) in [6.45, 7) is 0. The number of aliphatic carboxylic acids is 2. The number of hydrogen-bond donors (Lipinski definition) is 3. The summed E-state index contributed by atoms with van der Waals surface area (Å²) in [6.07, 6.45) is -0.0180. The topological polar surface area (TPSA) is 121 Å². The molecular weight excluding hydrogens is 196 g/mol. The van der Waals surface area contributed by atoms with Crippen LogP contribution in [0.25, 0.3) is 0 Å². The van der Waals surface area contributed by atoms with E-state index in [1.165, 1.54) is 0 Å². The van der Waals surface area contributed by atoms with Gasteiger partial charge in [0, 0.05) is 6.08 Å². The maximum atomic E-state index is 10.3. The average Bonchev–Trinajstić information content (AvgIpc) is 2.02. The first-order valence-electron chi connectivity index (χ1n) is 3.17. The quantitative estimate of drug-likeness (QED) is 0.259. The van der Waals surface area contributed by atoms with E-state index in [4.69, 9.17) is 15.3 Å². The lowest BCUT2D eigenvalue weighted by atomic mass is 10.3. The number of carboxylic acids is 2. The van der Waals surface area contributed by atoms with Crippen molar-refractivity contribution < 1.29 is 34.4 Å². The Hall–Kier alpha value is -2.31. The summed E-state index contributed by atoms with van der Waals surface area (Å²) in [7, 11) is 0.